The smallest absolute Gasteiger partial charge is 0.238 e. The molecule has 2 heterocycles. The predicted octanol–water partition coefficient (Wildman–Crippen LogP) is 3.58. The van der Waals surface area contributed by atoms with Gasteiger partial charge in [-0.3, -0.25) is 0 Å². The summed E-state index contributed by atoms with van der Waals surface area (Å²) in [6.07, 6.45) is 6.95. The second kappa shape index (κ2) is 7.65. The van der Waals surface area contributed by atoms with Crippen LogP contribution in [0.5, 0.6) is 0 Å². The third-order valence-corrected chi connectivity index (χ3v) is 7.59. The molecule has 2 aliphatic carbocycles. The van der Waals surface area contributed by atoms with E-state index in [0.717, 1.165) is 41.7 Å². The zero-order chi connectivity index (χ0) is 20.9. The van der Waals surface area contributed by atoms with Gasteiger partial charge in [-0.1, -0.05) is 25.1 Å². The molecule has 160 valence electrons. The zero-order valence-electron chi connectivity index (χ0n) is 17.0. The lowest BCUT2D eigenvalue weighted by atomic mass is 10.3. The van der Waals surface area contributed by atoms with Crippen molar-refractivity contribution in [1.82, 2.24) is 24.3 Å². The van der Waals surface area contributed by atoms with E-state index in [1.165, 1.54) is 25.7 Å². The van der Waals surface area contributed by atoms with Crippen molar-refractivity contribution in [3.05, 3.63) is 29.8 Å². The number of sulfonamides is 1. The number of hydrogen-bond acceptors (Lipinski definition) is 6. The number of nitrogens with zero attached hydrogens (tertiary/aromatic N) is 5. The molecule has 8 nitrogen and oxygen atoms in total. The molecule has 0 amide bonds. The average Bonchev–Trinajstić information content (AvgIpc) is 3.64. The first-order chi connectivity index (χ1) is 14.5. The van der Waals surface area contributed by atoms with Crippen LogP contribution in [0.2, 0.25) is 0 Å². The highest BCUT2D eigenvalue weighted by Crippen LogP contribution is 2.46. The van der Waals surface area contributed by atoms with Crippen LogP contribution in [0.4, 0.5) is 0 Å². The maximum absolute atomic E-state index is 11.7. The van der Waals surface area contributed by atoms with Crippen LogP contribution in [-0.4, -0.2) is 32.7 Å². The van der Waals surface area contributed by atoms with E-state index >= 15 is 0 Å². The molecule has 5 rings (SSSR count). The Labute approximate surface area is 180 Å². The number of unbranched alkanes of at least 4 members (excludes halogenated alkanes) is 1. The first-order valence-corrected chi connectivity index (χ1v) is 13.1. The molecule has 30 heavy (non-hydrogen) atoms. The number of rotatable bonds is 9. The fourth-order valence-corrected chi connectivity index (χ4v) is 5.32. The number of aromatic nitrogens is 5. The first-order valence-electron chi connectivity index (χ1n) is 10.5. The SMILES string of the molecule is CCCCn1c(CSc2nnc(C3CC3)n2C2CC2)nc2cc(S(N)(=O)=O)ccc21. The quantitative estimate of drug-likeness (QED) is 0.503. The number of aryl methyl sites for hydroxylation is 1. The van der Waals surface area contributed by atoms with Gasteiger partial charge < -0.3 is 9.13 Å². The maximum atomic E-state index is 11.7. The van der Waals surface area contributed by atoms with Gasteiger partial charge in [0.25, 0.3) is 0 Å². The number of imidazole rings is 1. The summed E-state index contributed by atoms with van der Waals surface area (Å²) >= 11 is 1.67. The van der Waals surface area contributed by atoms with Crippen LogP contribution in [-0.2, 0) is 22.3 Å². The highest BCUT2D eigenvalue weighted by molar-refractivity contribution is 7.98. The van der Waals surface area contributed by atoms with Crippen molar-refractivity contribution in [2.75, 3.05) is 0 Å². The van der Waals surface area contributed by atoms with Crippen LogP contribution < -0.4 is 5.14 Å². The van der Waals surface area contributed by atoms with E-state index in [4.69, 9.17) is 10.1 Å². The lowest BCUT2D eigenvalue weighted by Crippen LogP contribution is -2.11. The highest BCUT2D eigenvalue weighted by atomic mass is 32.2. The van der Waals surface area contributed by atoms with E-state index < -0.39 is 10.0 Å². The normalized spacial score (nSPS) is 17.1. The van der Waals surface area contributed by atoms with Gasteiger partial charge in [0.05, 0.1) is 21.7 Å². The standard InChI is InChI=1S/C20H26N6O2S2/c1-2-3-10-25-17-9-8-15(30(21,27)28)11-16(17)22-18(25)12-29-20-24-23-19(13-4-5-13)26(20)14-6-7-14/h8-9,11,13-14H,2-7,10,12H2,1H3,(H2,21,27,28). The highest BCUT2D eigenvalue weighted by Gasteiger charge is 2.36. The van der Waals surface area contributed by atoms with Crippen LogP contribution in [0, 0.1) is 0 Å². The van der Waals surface area contributed by atoms with Gasteiger partial charge in [0, 0.05) is 18.5 Å². The molecule has 0 unspecified atom stereocenters. The fraction of sp³-hybridized carbons (Fsp3) is 0.550. The van der Waals surface area contributed by atoms with E-state index in [2.05, 4.69) is 26.3 Å². The minimum Gasteiger partial charge on any atom is -0.327 e. The predicted molar refractivity (Wildman–Crippen MR) is 116 cm³/mol. The second-order valence-corrected chi connectivity index (χ2v) is 10.7. The molecule has 2 saturated carbocycles. The van der Waals surface area contributed by atoms with Crippen LogP contribution in [0.1, 0.15) is 69.1 Å². The van der Waals surface area contributed by atoms with Gasteiger partial charge in [0.15, 0.2) is 5.16 Å². The molecule has 0 atom stereocenters. The number of hydrogen-bond donors (Lipinski definition) is 1. The van der Waals surface area contributed by atoms with Crippen molar-refractivity contribution >= 4 is 32.8 Å². The molecule has 10 heteroatoms. The first kappa shape index (κ1) is 20.0. The Morgan fingerprint density at radius 1 is 1.20 bits per heavy atom. The molecule has 0 bridgehead atoms. The van der Waals surface area contributed by atoms with Crippen molar-refractivity contribution in [3.8, 4) is 0 Å². The van der Waals surface area contributed by atoms with Crippen molar-refractivity contribution in [3.63, 3.8) is 0 Å². The lowest BCUT2D eigenvalue weighted by molar-refractivity contribution is 0.598. The minimum absolute atomic E-state index is 0.0943. The maximum Gasteiger partial charge on any atom is 0.238 e. The summed E-state index contributed by atoms with van der Waals surface area (Å²) in [7, 11) is -3.75. The number of thioether (sulfide) groups is 1. The zero-order valence-corrected chi connectivity index (χ0v) is 18.6. The van der Waals surface area contributed by atoms with Gasteiger partial charge in [-0.15, -0.1) is 10.2 Å². The Balaban J connectivity index is 1.46. The summed E-state index contributed by atoms with van der Waals surface area (Å²) in [5.74, 6) is 3.32. The van der Waals surface area contributed by atoms with Gasteiger partial charge in [-0.05, 0) is 50.3 Å². The molecule has 0 saturated heterocycles. The topological polar surface area (TPSA) is 109 Å². The van der Waals surface area contributed by atoms with E-state index in [-0.39, 0.29) is 4.90 Å². The molecular weight excluding hydrogens is 420 g/mol. The Hall–Kier alpha value is -1.91. The van der Waals surface area contributed by atoms with Crippen LogP contribution in [0.15, 0.2) is 28.3 Å². The van der Waals surface area contributed by atoms with Crippen LogP contribution in [0.3, 0.4) is 0 Å². The van der Waals surface area contributed by atoms with Gasteiger partial charge in [-0.2, -0.15) is 0 Å². The second-order valence-electron chi connectivity index (χ2n) is 8.23. The molecule has 1 aromatic carbocycles. The summed E-state index contributed by atoms with van der Waals surface area (Å²) in [5, 5.41) is 15.3. The molecule has 2 N–H and O–H groups in total. The third kappa shape index (κ3) is 3.88. The van der Waals surface area contributed by atoms with Gasteiger partial charge in [0.2, 0.25) is 10.0 Å². The van der Waals surface area contributed by atoms with Crippen molar-refractivity contribution < 1.29 is 8.42 Å². The Morgan fingerprint density at radius 2 is 2.00 bits per heavy atom. The van der Waals surface area contributed by atoms with Crippen LogP contribution >= 0.6 is 11.8 Å². The molecule has 2 aliphatic rings. The molecular formula is C20H26N6O2S2. The van der Waals surface area contributed by atoms with Crippen molar-refractivity contribution in [2.45, 2.75) is 79.8 Å². The molecule has 2 fully saturated rings. The Kier molecular flexibility index (Phi) is 5.11. The van der Waals surface area contributed by atoms with E-state index in [1.54, 1.807) is 23.9 Å². The Morgan fingerprint density at radius 3 is 2.67 bits per heavy atom. The fourth-order valence-electron chi connectivity index (χ4n) is 3.82. The molecule has 2 aromatic heterocycles. The average molecular weight is 447 g/mol. The third-order valence-electron chi connectivity index (χ3n) is 5.74. The molecule has 0 spiro atoms. The summed E-state index contributed by atoms with van der Waals surface area (Å²) in [4.78, 5) is 4.86. The lowest BCUT2D eigenvalue weighted by Gasteiger charge is -2.10. The van der Waals surface area contributed by atoms with E-state index in [9.17, 15) is 8.42 Å². The summed E-state index contributed by atoms with van der Waals surface area (Å²) in [6, 6.07) is 5.49. The minimum atomic E-state index is -3.75. The number of nitrogens with two attached hydrogens (primary N) is 1. The molecule has 0 aliphatic heterocycles. The number of benzene rings is 1. The van der Waals surface area contributed by atoms with E-state index in [1.807, 2.05) is 6.07 Å². The number of fused-ring (bicyclic) bond motifs is 1. The largest absolute Gasteiger partial charge is 0.327 e. The van der Waals surface area contributed by atoms with E-state index in [0.29, 0.717) is 23.2 Å². The monoisotopic (exact) mass is 446 g/mol. The summed E-state index contributed by atoms with van der Waals surface area (Å²) < 4.78 is 28.0. The van der Waals surface area contributed by atoms with Crippen molar-refractivity contribution in [1.29, 1.82) is 0 Å². The Bertz CT molecular complexity index is 1190. The number of primary sulfonamides is 1. The molecule has 3 aromatic rings. The van der Waals surface area contributed by atoms with Crippen LogP contribution in [0.25, 0.3) is 11.0 Å². The summed E-state index contributed by atoms with van der Waals surface area (Å²) in [6.45, 7) is 3.00. The van der Waals surface area contributed by atoms with Gasteiger partial charge >= 0.3 is 0 Å². The van der Waals surface area contributed by atoms with Gasteiger partial charge in [0.1, 0.15) is 11.6 Å². The van der Waals surface area contributed by atoms with Gasteiger partial charge in [-0.25, -0.2) is 18.5 Å². The van der Waals surface area contributed by atoms with Crippen molar-refractivity contribution in [2.24, 2.45) is 5.14 Å². The summed E-state index contributed by atoms with van der Waals surface area (Å²) in [5.41, 5.74) is 1.60. The molecule has 0 radical (unpaired) electrons.